The third kappa shape index (κ3) is 9.53. The molecule has 0 radical (unpaired) electrons. The molecule has 0 heterocycles. The molecule has 37 heavy (non-hydrogen) atoms. The first-order valence-electron chi connectivity index (χ1n) is 11.7. The van der Waals surface area contributed by atoms with Crippen LogP contribution in [0.1, 0.15) is 16.7 Å². The van der Waals surface area contributed by atoms with Crippen LogP contribution in [0.25, 0.3) is 0 Å². The molecule has 0 aromatic heterocycles. The summed E-state index contributed by atoms with van der Waals surface area (Å²) in [6.07, 6.45) is -0.585. The second-order valence-electron chi connectivity index (χ2n) is 8.21. The first-order chi connectivity index (χ1) is 17.9. The SMILES string of the molecule is COC(=O)[C@H](Cc1ccc(O)cc1)NC(=O)[C@H](CSCc1ccccc1)NC(=O)OCc1ccccc1. The van der Waals surface area contributed by atoms with Crippen molar-refractivity contribution in [3.05, 3.63) is 102 Å². The number of phenols is 1. The molecule has 0 aliphatic heterocycles. The summed E-state index contributed by atoms with van der Waals surface area (Å²) < 4.78 is 10.2. The van der Waals surface area contributed by atoms with Gasteiger partial charge in [0.2, 0.25) is 5.91 Å². The summed E-state index contributed by atoms with van der Waals surface area (Å²) in [7, 11) is 1.24. The van der Waals surface area contributed by atoms with E-state index in [1.807, 2.05) is 60.7 Å². The lowest BCUT2D eigenvalue weighted by atomic mass is 10.1. The molecule has 0 saturated heterocycles. The zero-order valence-corrected chi connectivity index (χ0v) is 21.3. The molecule has 0 aliphatic carbocycles. The zero-order valence-electron chi connectivity index (χ0n) is 20.5. The zero-order chi connectivity index (χ0) is 26.5. The summed E-state index contributed by atoms with van der Waals surface area (Å²) in [6.45, 7) is 0.0593. The van der Waals surface area contributed by atoms with Gasteiger partial charge in [0.15, 0.2) is 0 Å². The van der Waals surface area contributed by atoms with Crippen LogP contribution in [0, 0.1) is 0 Å². The Hall–Kier alpha value is -3.98. The van der Waals surface area contributed by atoms with Crippen LogP contribution in [0.15, 0.2) is 84.9 Å². The number of methoxy groups -OCH3 is 1. The largest absolute Gasteiger partial charge is 0.508 e. The Morgan fingerprint density at radius 3 is 2.05 bits per heavy atom. The molecule has 0 unspecified atom stereocenters. The van der Waals surface area contributed by atoms with E-state index in [0.717, 1.165) is 16.7 Å². The molecule has 194 valence electrons. The fourth-order valence-electron chi connectivity index (χ4n) is 3.43. The van der Waals surface area contributed by atoms with Gasteiger partial charge in [-0.2, -0.15) is 11.8 Å². The Kier molecular flexibility index (Phi) is 10.9. The molecular weight excluding hydrogens is 492 g/mol. The van der Waals surface area contributed by atoms with E-state index < -0.39 is 30.1 Å². The topological polar surface area (TPSA) is 114 Å². The van der Waals surface area contributed by atoms with Crippen molar-refractivity contribution in [2.24, 2.45) is 0 Å². The number of thioether (sulfide) groups is 1. The number of ether oxygens (including phenoxy) is 2. The number of hydrogen-bond donors (Lipinski definition) is 3. The fraction of sp³-hybridized carbons (Fsp3) is 0.250. The third-order valence-corrected chi connectivity index (χ3v) is 6.50. The molecule has 3 N–H and O–H groups in total. The molecule has 0 bridgehead atoms. The monoisotopic (exact) mass is 522 g/mol. The number of amides is 2. The van der Waals surface area contributed by atoms with Gasteiger partial charge in [0.05, 0.1) is 7.11 Å². The summed E-state index contributed by atoms with van der Waals surface area (Å²) >= 11 is 1.47. The number of phenolic OH excluding ortho intramolecular Hbond substituents is 1. The summed E-state index contributed by atoms with van der Waals surface area (Å²) in [5.74, 6) is -0.167. The van der Waals surface area contributed by atoms with Gasteiger partial charge in [-0.25, -0.2) is 9.59 Å². The summed E-state index contributed by atoms with van der Waals surface area (Å²) in [6, 6.07) is 23.3. The van der Waals surface area contributed by atoms with Gasteiger partial charge in [-0.05, 0) is 28.8 Å². The smallest absolute Gasteiger partial charge is 0.408 e. The Morgan fingerprint density at radius 1 is 0.811 bits per heavy atom. The number of benzene rings is 3. The maximum Gasteiger partial charge on any atom is 0.408 e. The lowest BCUT2D eigenvalue weighted by molar-refractivity contribution is -0.145. The van der Waals surface area contributed by atoms with Crippen molar-refractivity contribution in [1.29, 1.82) is 0 Å². The number of hydrogen-bond acceptors (Lipinski definition) is 7. The minimum absolute atomic E-state index is 0.0593. The van der Waals surface area contributed by atoms with Crippen molar-refractivity contribution in [1.82, 2.24) is 10.6 Å². The Morgan fingerprint density at radius 2 is 1.43 bits per heavy atom. The molecule has 0 saturated carbocycles. The lowest BCUT2D eigenvalue weighted by Crippen LogP contribution is -2.53. The highest BCUT2D eigenvalue weighted by atomic mass is 32.2. The Labute approximate surface area is 220 Å². The van der Waals surface area contributed by atoms with Crippen molar-refractivity contribution in [2.75, 3.05) is 12.9 Å². The van der Waals surface area contributed by atoms with E-state index in [4.69, 9.17) is 9.47 Å². The molecule has 9 heteroatoms. The number of carbonyl (C=O) groups is 3. The first-order valence-corrected chi connectivity index (χ1v) is 12.8. The molecule has 0 fully saturated rings. The van der Waals surface area contributed by atoms with Crippen molar-refractivity contribution in [3.8, 4) is 5.75 Å². The molecule has 2 amide bonds. The molecule has 3 rings (SSSR count). The van der Waals surface area contributed by atoms with Gasteiger partial charge in [0.25, 0.3) is 0 Å². The second-order valence-corrected chi connectivity index (χ2v) is 9.24. The molecule has 2 atom stereocenters. The fourth-order valence-corrected chi connectivity index (χ4v) is 4.45. The van der Waals surface area contributed by atoms with E-state index in [9.17, 15) is 19.5 Å². The van der Waals surface area contributed by atoms with Gasteiger partial charge in [-0.3, -0.25) is 4.79 Å². The van der Waals surface area contributed by atoms with E-state index in [1.54, 1.807) is 12.1 Å². The van der Waals surface area contributed by atoms with Crippen molar-refractivity contribution >= 4 is 29.7 Å². The summed E-state index contributed by atoms with van der Waals surface area (Å²) in [5, 5.41) is 14.8. The average Bonchev–Trinajstić information content (AvgIpc) is 2.92. The standard InChI is InChI=1S/C28H30N2O6S/c1-35-27(33)24(16-20-12-14-23(31)15-13-20)29-26(32)25(19-37-18-22-10-6-3-7-11-22)30-28(34)36-17-21-8-4-2-5-9-21/h2-15,24-25,31H,16-19H2,1H3,(H,29,32)(H,30,34)/t24-,25-/m0/s1. The minimum atomic E-state index is -0.981. The lowest BCUT2D eigenvalue weighted by Gasteiger charge is -2.22. The normalized spacial score (nSPS) is 12.1. The maximum absolute atomic E-state index is 13.2. The van der Waals surface area contributed by atoms with Gasteiger partial charge in [-0.1, -0.05) is 72.8 Å². The number of rotatable bonds is 12. The second kappa shape index (κ2) is 14.5. The highest BCUT2D eigenvalue weighted by Crippen LogP contribution is 2.15. The van der Waals surface area contributed by atoms with E-state index in [2.05, 4.69) is 10.6 Å². The minimum Gasteiger partial charge on any atom is -0.508 e. The number of aromatic hydroxyl groups is 1. The third-order valence-electron chi connectivity index (χ3n) is 5.40. The molecule has 0 spiro atoms. The molecular formula is C28H30N2O6S. The van der Waals surface area contributed by atoms with Gasteiger partial charge in [0, 0.05) is 17.9 Å². The Balaban J connectivity index is 1.66. The van der Waals surface area contributed by atoms with Crippen LogP contribution in [0.4, 0.5) is 4.79 Å². The molecule has 8 nitrogen and oxygen atoms in total. The van der Waals surface area contributed by atoms with Crippen LogP contribution in [0.5, 0.6) is 5.75 Å². The van der Waals surface area contributed by atoms with Crippen LogP contribution < -0.4 is 10.6 Å². The van der Waals surface area contributed by atoms with Crippen LogP contribution in [0.3, 0.4) is 0 Å². The van der Waals surface area contributed by atoms with Gasteiger partial charge in [0.1, 0.15) is 24.4 Å². The van der Waals surface area contributed by atoms with Crippen LogP contribution in [0.2, 0.25) is 0 Å². The van der Waals surface area contributed by atoms with E-state index in [0.29, 0.717) is 5.75 Å². The van der Waals surface area contributed by atoms with Gasteiger partial charge in [-0.15, -0.1) is 0 Å². The number of esters is 1. The van der Waals surface area contributed by atoms with E-state index in [1.165, 1.54) is 31.0 Å². The molecule has 3 aromatic rings. The van der Waals surface area contributed by atoms with Crippen LogP contribution in [-0.4, -0.2) is 48.0 Å². The average molecular weight is 523 g/mol. The maximum atomic E-state index is 13.2. The number of nitrogens with one attached hydrogen (secondary N) is 2. The number of carbonyl (C=O) groups excluding carboxylic acids is 3. The van der Waals surface area contributed by atoms with Crippen molar-refractivity contribution in [2.45, 2.75) is 30.9 Å². The Bertz CT molecular complexity index is 1140. The first kappa shape index (κ1) is 27.6. The molecule has 3 aromatic carbocycles. The van der Waals surface area contributed by atoms with Crippen molar-refractivity contribution in [3.63, 3.8) is 0 Å². The van der Waals surface area contributed by atoms with Crippen LogP contribution in [-0.2, 0) is 37.8 Å². The molecule has 0 aliphatic rings. The van der Waals surface area contributed by atoms with Gasteiger partial charge >= 0.3 is 12.1 Å². The predicted molar refractivity (Wildman–Crippen MR) is 142 cm³/mol. The summed E-state index contributed by atoms with van der Waals surface area (Å²) in [5.41, 5.74) is 2.62. The van der Waals surface area contributed by atoms with Gasteiger partial charge < -0.3 is 25.2 Å². The highest BCUT2D eigenvalue weighted by Gasteiger charge is 2.28. The van der Waals surface area contributed by atoms with Crippen molar-refractivity contribution < 1.29 is 29.0 Å². The quantitative estimate of drug-likeness (QED) is 0.310. The van der Waals surface area contributed by atoms with E-state index in [-0.39, 0.29) is 24.5 Å². The van der Waals surface area contributed by atoms with E-state index >= 15 is 0 Å². The predicted octanol–water partition coefficient (Wildman–Crippen LogP) is 3.82. The highest BCUT2D eigenvalue weighted by molar-refractivity contribution is 7.98. The summed E-state index contributed by atoms with van der Waals surface area (Å²) in [4.78, 5) is 38.2. The van der Waals surface area contributed by atoms with Crippen LogP contribution >= 0.6 is 11.8 Å². The number of alkyl carbamates (subject to hydrolysis) is 1.